The van der Waals surface area contributed by atoms with E-state index in [0.29, 0.717) is 5.95 Å². The number of rotatable bonds is 3. The summed E-state index contributed by atoms with van der Waals surface area (Å²) in [6, 6.07) is 8.65. The number of aromatic amines is 1. The van der Waals surface area contributed by atoms with Crippen LogP contribution in [0, 0.1) is 0 Å². The van der Waals surface area contributed by atoms with Gasteiger partial charge >= 0.3 is 0 Å². The van der Waals surface area contributed by atoms with E-state index >= 15 is 0 Å². The van der Waals surface area contributed by atoms with Crippen LogP contribution in [-0.4, -0.2) is 32.0 Å². The molecule has 1 aliphatic carbocycles. The Morgan fingerprint density at radius 3 is 2.85 bits per heavy atom. The standard InChI is InChI=1S/C21H22N6/c22-17-6-2-4-8-19(17)26-21-25-10-13-9-23-11-16(20(13)27-21)15-12-24-18-7-3-1-5-14(15)18/h1,3,5,7,9-12,17,19,24H,2,4,6,8,22H2,(H,25,26,27). The lowest BCUT2D eigenvalue weighted by atomic mass is 9.91. The van der Waals surface area contributed by atoms with Crippen LogP contribution < -0.4 is 11.1 Å². The minimum Gasteiger partial charge on any atom is -0.361 e. The molecule has 3 aromatic heterocycles. The Balaban J connectivity index is 1.59. The molecule has 1 fully saturated rings. The number of para-hydroxylation sites is 1. The Bertz CT molecular complexity index is 1100. The molecule has 0 aliphatic heterocycles. The molecule has 27 heavy (non-hydrogen) atoms. The monoisotopic (exact) mass is 358 g/mol. The van der Waals surface area contributed by atoms with E-state index in [1.807, 2.05) is 36.9 Å². The van der Waals surface area contributed by atoms with Crippen molar-refractivity contribution in [2.24, 2.45) is 5.73 Å². The highest BCUT2D eigenvalue weighted by molar-refractivity contribution is 6.03. The topological polar surface area (TPSA) is 92.5 Å². The zero-order valence-electron chi connectivity index (χ0n) is 15.0. The van der Waals surface area contributed by atoms with Gasteiger partial charge in [-0.15, -0.1) is 0 Å². The summed E-state index contributed by atoms with van der Waals surface area (Å²) in [5, 5.41) is 5.55. The quantitative estimate of drug-likeness (QED) is 0.517. The molecule has 1 saturated carbocycles. The first-order valence-corrected chi connectivity index (χ1v) is 9.49. The summed E-state index contributed by atoms with van der Waals surface area (Å²) < 4.78 is 0. The lowest BCUT2D eigenvalue weighted by molar-refractivity contribution is 0.402. The van der Waals surface area contributed by atoms with Crippen molar-refractivity contribution in [3.8, 4) is 11.1 Å². The van der Waals surface area contributed by atoms with E-state index < -0.39 is 0 Å². The van der Waals surface area contributed by atoms with Crippen LogP contribution in [0.2, 0.25) is 0 Å². The fraction of sp³-hybridized carbons (Fsp3) is 0.286. The van der Waals surface area contributed by atoms with Crippen molar-refractivity contribution in [3.63, 3.8) is 0 Å². The van der Waals surface area contributed by atoms with Crippen LogP contribution in [0.1, 0.15) is 25.7 Å². The van der Waals surface area contributed by atoms with Gasteiger partial charge in [0.1, 0.15) is 0 Å². The molecule has 0 saturated heterocycles. The number of hydrogen-bond donors (Lipinski definition) is 3. The number of H-pyrrole nitrogens is 1. The molecule has 0 spiro atoms. The fourth-order valence-corrected chi connectivity index (χ4v) is 4.02. The highest BCUT2D eigenvalue weighted by atomic mass is 15.1. The number of nitrogens with two attached hydrogens (primary N) is 1. The third kappa shape index (κ3) is 2.92. The Kier molecular flexibility index (Phi) is 3.98. The number of anilines is 1. The second kappa shape index (κ2) is 6.63. The molecule has 2 atom stereocenters. The largest absolute Gasteiger partial charge is 0.361 e. The zero-order chi connectivity index (χ0) is 18.2. The van der Waals surface area contributed by atoms with Crippen molar-refractivity contribution in [1.29, 1.82) is 0 Å². The summed E-state index contributed by atoms with van der Waals surface area (Å²) in [4.78, 5) is 17.1. The van der Waals surface area contributed by atoms with E-state index in [0.717, 1.165) is 45.8 Å². The summed E-state index contributed by atoms with van der Waals surface area (Å²) >= 11 is 0. The minimum atomic E-state index is 0.156. The number of pyridine rings is 1. The molecule has 1 aliphatic rings. The van der Waals surface area contributed by atoms with Gasteiger partial charge < -0.3 is 16.0 Å². The van der Waals surface area contributed by atoms with Gasteiger partial charge in [-0.05, 0) is 18.9 Å². The molecule has 4 aromatic rings. The smallest absolute Gasteiger partial charge is 0.223 e. The second-order valence-corrected chi connectivity index (χ2v) is 7.27. The molecular weight excluding hydrogens is 336 g/mol. The van der Waals surface area contributed by atoms with E-state index in [1.165, 1.54) is 12.8 Å². The lowest BCUT2D eigenvalue weighted by Crippen LogP contribution is -2.42. The Labute approximate surface area is 157 Å². The minimum absolute atomic E-state index is 0.156. The number of benzene rings is 1. The van der Waals surface area contributed by atoms with Crippen molar-refractivity contribution in [3.05, 3.63) is 49.1 Å². The second-order valence-electron chi connectivity index (χ2n) is 7.27. The highest BCUT2D eigenvalue weighted by Gasteiger charge is 2.22. The van der Waals surface area contributed by atoms with Gasteiger partial charge in [-0.3, -0.25) is 4.98 Å². The first kappa shape index (κ1) is 16.2. The van der Waals surface area contributed by atoms with Crippen molar-refractivity contribution >= 4 is 27.8 Å². The number of hydrogen-bond acceptors (Lipinski definition) is 5. The van der Waals surface area contributed by atoms with E-state index in [1.54, 1.807) is 0 Å². The van der Waals surface area contributed by atoms with Crippen LogP contribution in [-0.2, 0) is 0 Å². The van der Waals surface area contributed by atoms with E-state index in [-0.39, 0.29) is 12.1 Å². The molecule has 0 bridgehead atoms. The summed E-state index contributed by atoms with van der Waals surface area (Å²) in [7, 11) is 0. The molecule has 6 heteroatoms. The van der Waals surface area contributed by atoms with E-state index in [2.05, 4.69) is 32.4 Å². The number of nitrogens with one attached hydrogen (secondary N) is 2. The molecule has 3 heterocycles. The molecule has 6 nitrogen and oxygen atoms in total. The van der Waals surface area contributed by atoms with Gasteiger partial charge in [0, 0.05) is 64.3 Å². The predicted octanol–water partition coefficient (Wildman–Crippen LogP) is 3.85. The predicted molar refractivity (Wildman–Crippen MR) is 108 cm³/mol. The molecule has 2 unspecified atom stereocenters. The van der Waals surface area contributed by atoms with Crippen molar-refractivity contribution in [2.75, 3.05) is 5.32 Å². The molecule has 1 aromatic carbocycles. The zero-order valence-corrected chi connectivity index (χ0v) is 15.0. The lowest BCUT2D eigenvalue weighted by Gasteiger charge is -2.29. The van der Waals surface area contributed by atoms with Gasteiger partial charge in [0.15, 0.2) is 0 Å². The first-order valence-electron chi connectivity index (χ1n) is 9.49. The van der Waals surface area contributed by atoms with Crippen LogP contribution >= 0.6 is 0 Å². The van der Waals surface area contributed by atoms with Crippen molar-refractivity contribution < 1.29 is 0 Å². The van der Waals surface area contributed by atoms with Crippen LogP contribution in [0.25, 0.3) is 32.9 Å². The van der Waals surface area contributed by atoms with Gasteiger partial charge in [-0.1, -0.05) is 31.0 Å². The summed E-state index contributed by atoms with van der Waals surface area (Å²) in [6.45, 7) is 0. The Hall–Kier alpha value is -2.99. The van der Waals surface area contributed by atoms with Gasteiger partial charge in [-0.2, -0.15) is 0 Å². The van der Waals surface area contributed by atoms with E-state index in [4.69, 9.17) is 10.7 Å². The number of nitrogens with zero attached hydrogens (tertiary/aromatic N) is 3. The molecule has 0 amide bonds. The van der Waals surface area contributed by atoms with Crippen LogP contribution in [0.3, 0.4) is 0 Å². The number of aromatic nitrogens is 4. The van der Waals surface area contributed by atoms with Gasteiger partial charge in [-0.25, -0.2) is 9.97 Å². The normalized spacial score (nSPS) is 20.2. The third-order valence-electron chi connectivity index (χ3n) is 5.50. The maximum absolute atomic E-state index is 6.28. The molecule has 136 valence electrons. The SMILES string of the molecule is NC1CCCCC1Nc1ncc2cncc(-c3c[nH]c4ccccc34)c2n1. The van der Waals surface area contributed by atoms with Crippen LogP contribution in [0.4, 0.5) is 5.95 Å². The molecule has 4 N–H and O–H groups in total. The van der Waals surface area contributed by atoms with Gasteiger partial charge in [0.25, 0.3) is 0 Å². The summed E-state index contributed by atoms with van der Waals surface area (Å²) in [6.07, 6.45) is 12.1. The van der Waals surface area contributed by atoms with Crippen molar-refractivity contribution in [2.45, 2.75) is 37.8 Å². The average Bonchev–Trinajstić information content (AvgIpc) is 3.13. The van der Waals surface area contributed by atoms with Crippen molar-refractivity contribution in [1.82, 2.24) is 19.9 Å². The average molecular weight is 358 g/mol. The van der Waals surface area contributed by atoms with Gasteiger partial charge in [0.2, 0.25) is 5.95 Å². The molecule has 5 rings (SSSR count). The van der Waals surface area contributed by atoms with Crippen LogP contribution in [0.15, 0.2) is 49.1 Å². The maximum Gasteiger partial charge on any atom is 0.223 e. The highest BCUT2D eigenvalue weighted by Crippen LogP contribution is 2.32. The molecular formula is C21H22N6. The molecule has 0 radical (unpaired) electrons. The third-order valence-corrected chi connectivity index (χ3v) is 5.50. The summed E-state index contributed by atoms with van der Waals surface area (Å²) in [5.74, 6) is 0.636. The van der Waals surface area contributed by atoms with Crippen LogP contribution in [0.5, 0.6) is 0 Å². The summed E-state index contributed by atoms with van der Waals surface area (Å²) in [5.41, 5.74) is 10.4. The fourth-order valence-electron chi connectivity index (χ4n) is 4.02. The first-order chi connectivity index (χ1) is 13.3. The number of fused-ring (bicyclic) bond motifs is 2. The van der Waals surface area contributed by atoms with E-state index in [9.17, 15) is 0 Å². The maximum atomic E-state index is 6.28. The Morgan fingerprint density at radius 2 is 1.93 bits per heavy atom. The Morgan fingerprint density at radius 1 is 1.04 bits per heavy atom. The van der Waals surface area contributed by atoms with Gasteiger partial charge in [0.05, 0.1) is 5.52 Å².